The molecule has 2 atom stereocenters. The zero-order chi connectivity index (χ0) is 19.1. The van der Waals surface area contributed by atoms with Gasteiger partial charge in [0.1, 0.15) is 11.0 Å². The SMILES string of the molecule is Cc1ccc(NS(=O)(=O)c2cnn([C@@H](C)[C@@H](C)O)c2)c2[nH]cc(C#N)c12. The predicted octanol–water partition coefficient (Wildman–Crippen LogP) is 2.29. The molecule has 3 N–H and O–H groups in total. The van der Waals surface area contributed by atoms with Gasteiger partial charge in [-0.2, -0.15) is 10.4 Å². The molecular weight excluding hydrogens is 354 g/mol. The summed E-state index contributed by atoms with van der Waals surface area (Å²) in [5.74, 6) is 0. The van der Waals surface area contributed by atoms with E-state index in [9.17, 15) is 18.8 Å². The molecular formula is C17H19N5O3S. The minimum absolute atomic E-state index is 0.00853. The van der Waals surface area contributed by atoms with Gasteiger partial charge < -0.3 is 10.1 Å². The summed E-state index contributed by atoms with van der Waals surface area (Å²) in [7, 11) is -3.87. The lowest BCUT2D eigenvalue weighted by atomic mass is 10.1. The van der Waals surface area contributed by atoms with Crippen LogP contribution < -0.4 is 4.72 Å². The number of sulfonamides is 1. The summed E-state index contributed by atoms with van der Waals surface area (Å²) in [6.07, 6.45) is 3.50. The molecule has 0 unspecified atom stereocenters. The smallest absolute Gasteiger partial charge is 0.265 e. The molecule has 8 nitrogen and oxygen atoms in total. The second-order valence-electron chi connectivity index (χ2n) is 6.24. The van der Waals surface area contributed by atoms with Crippen molar-refractivity contribution in [3.05, 3.63) is 41.9 Å². The number of rotatable bonds is 5. The average molecular weight is 373 g/mol. The Balaban J connectivity index is 1.99. The number of benzene rings is 1. The van der Waals surface area contributed by atoms with Crippen LogP contribution in [-0.2, 0) is 10.0 Å². The van der Waals surface area contributed by atoms with Crippen molar-refractivity contribution in [2.24, 2.45) is 0 Å². The molecule has 26 heavy (non-hydrogen) atoms. The summed E-state index contributed by atoms with van der Waals surface area (Å²) >= 11 is 0. The Labute approximate surface area is 151 Å². The highest BCUT2D eigenvalue weighted by molar-refractivity contribution is 7.92. The van der Waals surface area contributed by atoms with Crippen molar-refractivity contribution >= 4 is 26.6 Å². The van der Waals surface area contributed by atoms with Crippen molar-refractivity contribution in [1.82, 2.24) is 14.8 Å². The highest BCUT2D eigenvalue weighted by Crippen LogP contribution is 2.30. The first-order valence-electron chi connectivity index (χ1n) is 8.00. The summed E-state index contributed by atoms with van der Waals surface area (Å²) in [5.41, 5.74) is 2.23. The van der Waals surface area contributed by atoms with E-state index in [0.29, 0.717) is 22.2 Å². The molecule has 3 rings (SSSR count). The molecule has 0 saturated carbocycles. The summed E-state index contributed by atoms with van der Waals surface area (Å²) in [4.78, 5) is 2.95. The van der Waals surface area contributed by atoms with Crippen LogP contribution in [-0.4, -0.2) is 34.4 Å². The van der Waals surface area contributed by atoms with Gasteiger partial charge in [-0.25, -0.2) is 8.42 Å². The molecule has 0 bridgehead atoms. The van der Waals surface area contributed by atoms with Crippen LogP contribution in [0, 0.1) is 18.3 Å². The fourth-order valence-electron chi connectivity index (χ4n) is 2.70. The van der Waals surface area contributed by atoms with Crippen LogP contribution in [0.1, 0.15) is 31.0 Å². The number of aryl methyl sites for hydroxylation is 1. The van der Waals surface area contributed by atoms with Gasteiger partial charge in [0.2, 0.25) is 0 Å². The van der Waals surface area contributed by atoms with Crippen LogP contribution in [0.5, 0.6) is 0 Å². The van der Waals surface area contributed by atoms with Gasteiger partial charge in [-0.05, 0) is 32.4 Å². The second kappa shape index (κ2) is 6.48. The summed E-state index contributed by atoms with van der Waals surface area (Å²) in [5, 5.41) is 23.6. The first kappa shape index (κ1) is 18.0. The Morgan fingerprint density at radius 2 is 2.12 bits per heavy atom. The molecule has 2 heterocycles. The quantitative estimate of drug-likeness (QED) is 0.633. The van der Waals surface area contributed by atoms with Gasteiger partial charge in [0, 0.05) is 17.8 Å². The zero-order valence-corrected chi connectivity index (χ0v) is 15.4. The average Bonchev–Trinajstić information content (AvgIpc) is 3.24. The number of hydrogen-bond donors (Lipinski definition) is 3. The maximum atomic E-state index is 12.7. The van der Waals surface area contributed by atoms with E-state index in [1.165, 1.54) is 17.1 Å². The molecule has 2 aromatic heterocycles. The molecule has 0 saturated heterocycles. The number of nitriles is 1. The highest BCUT2D eigenvalue weighted by atomic mass is 32.2. The molecule has 0 radical (unpaired) electrons. The lowest BCUT2D eigenvalue weighted by Gasteiger charge is -2.14. The van der Waals surface area contributed by atoms with E-state index >= 15 is 0 Å². The third-order valence-corrected chi connectivity index (χ3v) is 5.73. The molecule has 0 amide bonds. The fourth-order valence-corrected chi connectivity index (χ4v) is 3.71. The molecule has 0 aliphatic rings. The molecule has 136 valence electrons. The molecule has 0 fully saturated rings. The first-order valence-corrected chi connectivity index (χ1v) is 9.48. The van der Waals surface area contributed by atoms with E-state index in [0.717, 1.165) is 5.56 Å². The van der Waals surface area contributed by atoms with Gasteiger partial charge in [-0.1, -0.05) is 6.07 Å². The van der Waals surface area contributed by atoms with Crippen LogP contribution >= 0.6 is 0 Å². The van der Waals surface area contributed by atoms with Gasteiger partial charge in [-0.15, -0.1) is 0 Å². The van der Waals surface area contributed by atoms with Crippen molar-refractivity contribution in [2.75, 3.05) is 4.72 Å². The Hall–Kier alpha value is -2.83. The molecule has 0 aliphatic heterocycles. The van der Waals surface area contributed by atoms with Gasteiger partial charge >= 0.3 is 0 Å². The molecule has 0 spiro atoms. The number of aliphatic hydroxyl groups excluding tert-OH is 1. The zero-order valence-electron chi connectivity index (χ0n) is 14.6. The summed E-state index contributed by atoms with van der Waals surface area (Å²) in [6.45, 7) is 5.21. The number of aromatic nitrogens is 3. The van der Waals surface area contributed by atoms with Gasteiger partial charge in [0.25, 0.3) is 10.0 Å². The molecule has 9 heteroatoms. The Morgan fingerprint density at radius 3 is 2.77 bits per heavy atom. The molecule has 3 aromatic rings. The third-order valence-electron chi connectivity index (χ3n) is 4.41. The van der Waals surface area contributed by atoms with E-state index in [2.05, 4.69) is 20.9 Å². The Kier molecular flexibility index (Phi) is 4.48. The van der Waals surface area contributed by atoms with Crippen LogP contribution in [0.25, 0.3) is 10.9 Å². The number of anilines is 1. The summed E-state index contributed by atoms with van der Waals surface area (Å²) < 4.78 is 29.4. The Bertz CT molecular complexity index is 1110. The van der Waals surface area contributed by atoms with Crippen molar-refractivity contribution in [3.63, 3.8) is 0 Å². The van der Waals surface area contributed by atoms with Gasteiger partial charge in [-0.3, -0.25) is 9.40 Å². The predicted molar refractivity (Wildman–Crippen MR) is 97.2 cm³/mol. The first-order chi connectivity index (χ1) is 12.2. The topological polar surface area (TPSA) is 124 Å². The fraction of sp³-hybridized carbons (Fsp3) is 0.294. The van der Waals surface area contributed by atoms with Crippen LogP contribution in [0.4, 0.5) is 5.69 Å². The number of nitrogens with one attached hydrogen (secondary N) is 2. The summed E-state index contributed by atoms with van der Waals surface area (Å²) in [6, 6.07) is 5.14. The highest BCUT2D eigenvalue weighted by Gasteiger charge is 2.21. The van der Waals surface area contributed by atoms with Gasteiger partial charge in [0.15, 0.2) is 0 Å². The van der Waals surface area contributed by atoms with E-state index in [1.54, 1.807) is 32.2 Å². The molecule has 0 aliphatic carbocycles. The Morgan fingerprint density at radius 1 is 1.38 bits per heavy atom. The van der Waals surface area contributed by atoms with Crippen molar-refractivity contribution in [1.29, 1.82) is 5.26 Å². The number of nitrogens with zero attached hydrogens (tertiary/aromatic N) is 3. The monoisotopic (exact) mass is 373 g/mol. The lowest BCUT2D eigenvalue weighted by Crippen LogP contribution is -2.18. The van der Waals surface area contributed by atoms with E-state index in [-0.39, 0.29) is 10.9 Å². The number of aromatic amines is 1. The minimum Gasteiger partial charge on any atom is -0.391 e. The standard InChI is InChI=1S/C17H19N5O3S/c1-10-4-5-15(17-16(10)13(6-18)7-19-17)21-26(24,25)14-8-20-22(9-14)11(2)12(3)23/h4-5,7-9,11-12,19,21,23H,1-3H3/t11-,12+/m0/s1. The van der Waals surface area contributed by atoms with Crippen molar-refractivity contribution in [2.45, 2.75) is 37.8 Å². The minimum atomic E-state index is -3.87. The number of aliphatic hydroxyl groups is 1. The van der Waals surface area contributed by atoms with E-state index < -0.39 is 16.1 Å². The lowest BCUT2D eigenvalue weighted by molar-refractivity contribution is 0.132. The van der Waals surface area contributed by atoms with E-state index in [1.807, 2.05) is 6.92 Å². The van der Waals surface area contributed by atoms with Crippen molar-refractivity contribution in [3.8, 4) is 6.07 Å². The number of hydrogen-bond acceptors (Lipinski definition) is 5. The largest absolute Gasteiger partial charge is 0.391 e. The third kappa shape index (κ3) is 3.05. The van der Waals surface area contributed by atoms with Crippen molar-refractivity contribution < 1.29 is 13.5 Å². The van der Waals surface area contributed by atoms with Crippen LogP contribution in [0.2, 0.25) is 0 Å². The molecule has 1 aromatic carbocycles. The normalized spacial score (nSPS) is 14.1. The number of fused-ring (bicyclic) bond motifs is 1. The van der Waals surface area contributed by atoms with Crippen LogP contribution in [0.3, 0.4) is 0 Å². The second-order valence-corrected chi connectivity index (χ2v) is 7.92. The maximum absolute atomic E-state index is 12.7. The number of H-pyrrole nitrogens is 1. The van der Waals surface area contributed by atoms with E-state index in [4.69, 9.17) is 0 Å². The van der Waals surface area contributed by atoms with Gasteiger partial charge in [0.05, 0.1) is 35.1 Å². The van der Waals surface area contributed by atoms with Crippen LogP contribution in [0.15, 0.2) is 35.6 Å². The maximum Gasteiger partial charge on any atom is 0.265 e.